The van der Waals surface area contributed by atoms with Crippen molar-refractivity contribution >= 4 is 11.5 Å². The van der Waals surface area contributed by atoms with E-state index in [1.165, 1.54) is 36.4 Å². The van der Waals surface area contributed by atoms with Crippen molar-refractivity contribution in [3.8, 4) is 0 Å². The van der Waals surface area contributed by atoms with Gasteiger partial charge in [-0.25, -0.2) is 8.78 Å². The second-order valence-electron chi connectivity index (χ2n) is 6.30. The van der Waals surface area contributed by atoms with Gasteiger partial charge in [-0.15, -0.1) is 0 Å². The van der Waals surface area contributed by atoms with Gasteiger partial charge in [0.05, 0.1) is 6.61 Å². The average Bonchev–Trinajstić information content (AvgIpc) is 3.33. The van der Waals surface area contributed by atoms with E-state index in [-0.39, 0.29) is 23.1 Å². The number of aliphatic hydroxyl groups excluding tert-OH is 1. The molecular weight excluding hydrogens is 368 g/mol. The molecule has 0 unspecified atom stereocenters. The van der Waals surface area contributed by atoms with Gasteiger partial charge in [-0.2, -0.15) is 4.98 Å². The highest BCUT2D eigenvalue weighted by Crippen LogP contribution is 2.32. The minimum atomic E-state index is -0.923. The second-order valence-corrected chi connectivity index (χ2v) is 6.30. The first-order valence-electron chi connectivity index (χ1n) is 8.55. The standard InChI is InChI=1S/C20H15F2N3O3/c21-13-4-1-11(2-5-13)19(27)23-17(10-26)20-24-18(25-28-20)16-7-3-12-9-14(22)6-8-15(12)16/h1-2,4-9,17,26H,3,10H2,(H,23,27)/t17-/m0/s1. The highest BCUT2D eigenvalue weighted by molar-refractivity contribution is 5.94. The molecule has 2 N–H and O–H groups in total. The van der Waals surface area contributed by atoms with Crippen molar-refractivity contribution in [2.75, 3.05) is 6.61 Å². The van der Waals surface area contributed by atoms with Crippen molar-refractivity contribution in [3.05, 3.63) is 88.6 Å². The minimum absolute atomic E-state index is 0.0319. The largest absolute Gasteiger partial charge is 0.394 e. The zero-order valence-corrected chi connectivity index (χ0v) is 14.5. The summed E-state index contributed by atoms with van der Waals surface area (Å²) in [5, 5.41) is 16.1. The third-order valence-electron chi connectivity index (χ3n) is 4.46. The molecule has 0 spiro atoms. The molecule has 0 aliphatic heterocycles. The lowest BCUT2D eigenvalue weighted by Crippen LogP contribution is -2.31. The van der Waals surface area contributed by atoms with Crippen molar-refractivity contribution in [3.63, 3.8) is 0 Å². The first kappa shape index (κ1) is 18.0. The van der Waals surface area contributed by atoms with E-state index in [1.54, 1.807) is 6.07 Å². The predicted molar refractivity (Wildman–Crippen MR) is 95.2 cm³/mol. The summed E-state index contributed by atoms with van der Waals surface area (Å²) in [6, 6.07) is 8.54. The van der Waals surface area contributed by atoms with E-state index in [9.17, 15) is 18.7 Å². The van der Waals surface area contributed by atoms with Gasteiger partial charge in [0, 0.05) is 11.1 Å². The molecule has 4 rings (SSSR count). The Hall–Kier alpha value is -3.39. The number of halogens is 2. The summed E-state index contributed by atoms with van der Waals surface area (Å²) in [5.41, 5.74) is 2.56. The zero-order valence-electron chi connectivity index (χ0n) is 14.5. The lowest BCUT2D eigenvalue weighted by atomic mass is 10.1. The normalized spacial score (nSPS) is 13.8. The van der Waals surface area contributed by atoms with Crippen LogP contribution in [0.15, 0.2) is 53.1 Å². The van der Waals surface area contributed by atoms with E-state index in [0.717, 1.165) is 11.1 Å². The molecule has 0 fully saturated rings. The van der Waals surface area contributed by atoms with Gasteiger partial charge in [0.15, 0.2) is 0 Å². The van der Waals surface area contributed by atoms with E-state index in [1.807, 2.05) is 6.08 Å². The number of hydrogen-bond donors (Lipinski definition) is 2. The van der Waals surface area contributed by atoms with Crippen LogP contribution in [0.25, 0.3) is 5.57 Å². The average molecular weight is 383 g/mol. The molecule has 1 atom stereocenters. The van der Waals surface area contributed by atoms with Crippen LogP contribution in [0.3, 0.4) is 0 Å². The molecule has 1 aliphatic carbocycles. The molecule has 1 heterocycles. The molecule has 1 amide bonds. The van der Waals surface area contributed by atoms with Crippen molar-refractivity contribution in [2.24, 2.45) is 0 Å². The van der Waals surface area contributed by atoms with E-state index < -0.39 is 24.4 Å². The Kier molecular flexibility index (Phi) is 4.70. The molecule has 1 aliphatic rings. The predicted octanol–water partition coefficient (Wildman–Crippen LogP) is 2.80. The first-order valence-corrected chi connectivity index (χ1v) is 8.55. The summed E-state index contributed by atoms with van der Waals surface area (Å²) in [6.45, 7) is -0.463. The third kappa shape index (κ3) is 3.41. The number of nitrogens with zero attached hydrogens (tertiary/aromatic N) is 2. The number of allylic oxidation sites excluding steroid dienone is 1. The van der Waals surface area contributed by atoms with Crippen LogP contribution in [0.2, 0.25) is 0 Å². The Morgan fingerprint density at radius 3 is 2.68 bits per heavy atom. The molecule has 0 saturated heterocycles. The van der Waals surface area contributed by atoms with Crippen LogP contribution in [0.5, 0.6) is 0 Å². The third-order valence-corrected chi connectivity index (χ3v) is 4.46. The number of carbonyl (C=O) groups is 1. The summed E-state index contributed by atoms with van der Waals surface area (Å²) in [5.74, 6) is -0.966. The zero-order chi connectivity index (χ0) is 19.7. The molecule has 3 aromatic rings. The molecular formula is C20H15F2N3O3. The van der Waals surface area contributed by atoms with Gasteiger partial charge in [0.25, 0.3) is 11.8 Å². The summed E-state index contributed by atoms with van der Waals surface area (Å²) < 4.78 is 31.6. The maximum Gasteiger partial charge on any atom is 0.251 e. The fourth-order valence-electron chi connectivity index (χ4n) is 3.04. The van der Waals surface area contributed by atoms with Crippen LogP contribution in [-0.4, -0.2) is 27.8 Å². The number of aromatic nitrogens is 2. The number of carbonyl (C=O) groups excluding carboxylic acids is 1. The van der Waals surface area contributed by atoms with E-state index in [2.05, 4.69) is 15.5 Å². The van der Waals surface area contributed by atoms with E-state index in [4.69, 9.17) is 4.52 Å². The van der Waals surface area contributed by atoms with Crippen LogP contribution in [0.4, 0.5) is 8.78 Å². The number of amides is 1. The van der Waals surface area contributed by atoms with Crippen molar-refractivity contribution in [1.29, 1.82) is 0 Å². The Morgan fingerprint density at radius 2 is 1.93 bits per heavy atom. The van der Waals surface area contributed by atoms with E-state index in [0.29, 0.717) is 12.0 Å². The number of fused-ring (bicyclic) bond motifs is 1. The molecule has 0 radical (unpaired) electrons. The first-order chi connectivity index (χ1) is 13.5. The number of rotatable bonds is 5. The van der Waals surface area contributed by atoms with Gasteiger partial charge < -0.3 is 14.9 Å². The number of hydrogen-bond acceptors (Lipinski definition) is 5. The smallest absolute Gasteiger partial charge is 0.251 e. The minimum Gasteiger partial charge on any atom is -0.394 e. The maximum absolute atomic E-state index is 13.4. The monoisotopic (exact) mass is 383 g/mol. The van der Waals surface area contributed by atoms with Gasteiger partial charge in [-0.3, -0.25) is 4.79 Å². The van der Waals surface area contributed by atoms with Crippen LogP contribution < -0.4 is 5.32 Å². The summed E-state index contributed by atoms with van der Waals surface area (Å²) in [7, 11) is 0. The molecule has 6 nitrogen and oxygen atoms in total. The van der Waals surface area contributed by atoms with Gasteiger partial charge in [-0.05, 0) is 53.9 Å². The Morgan fingerprint density at radius 1 is 1.18 bits per heavy atom. The van der Waals surface area contributed by atoms with Crippen LogP contribution in [-0.2, 0) is 6.42 Å². The van der Waals surface area contributed by atoms with E-state index >= 15 is 0 Å². The molecule has 142 valence electrons. The number of nitrogens with one attached hydrogen (secondary N) is 1. The van der Waals surface area contributed by atoms with Gasteiger partial charge in [0.2, 0.25) is 5.82 Å². The Labute approximate surface area is 158 Å². The fraction of sp³-hybridized carbons (Fsp3) is 0.150. The van der Waals surface area contributed by atoms with Crippen molar-refractivity contribution < 1.29 is 23.2 Å². The molecule has 1 aromatic heterocycles. The molecule has 0 bridgehead atoms. The highest BCUT2D eigenvalue weighted by Gasteiger charge is 2.25. The van der Waals surface area contributed by atoms with Crippen LogP contribution in [0.1, 0.15) is 39.2 Å². The Bertz CT molecular complexity index is 1060. The van der Waals surface area contributed by atoms with Crippen molar-refractivity contribution in [1.82, 2.24) is 15.5 Å². The lowest BCUT2D eigenvalue weighted by Gasteiger charge is -2.12. The van der Waals surface area contributed by atoms with Crippen molar-refractivity contribution in [2.45, 2.75) is 12.5 Å². The highest BCUT2D eigenvalue weighted by atomic mass is 19.1. The van der Waals surface area contributed by atoms with Crippen LogP contribution >= 0.6 is 0 Å². The molecule has 8 heteroatoms. The number of aliphatic hydroxyl groups is 1. The lowest BCUT2D eigenvalue weighted by molar-refractivity contribution is 0.0901. The van der Waals surface area contributed by atoms with Gasteiger partial charge in [-0.1, -0.05) is 17.3 Å². The quantitative estimate of drug-likeness (QED) is 0.707. The fourth-order valence-corrected chi connectivity index (χ4v) is 3.04. The Balaban J connectivity index is 1.53. The summed E-state index contributed by atoms with van der Waals surface area (Å²) >= 11 is 0. The molecule has 28 heavy (non-hydrogen) atoms. The number of benzene rings is 2. The summed E-state index contributed by atoms with van der Waals surface area (Å²) in [4.78, 5) is 16.5. The topological polar surface area (TPSA) is 88.2 Å². The maximum atomic E-state index is 13.4. The SMILES string of the molecule is O=C(N[C@@H](CO)c1nc(C2=CCc3cc(F)ccc32)no1)c1ccc(F)cc1. The second kappa shape index (κ2) is 7.32. The van der Waals surface area contributed by atoms with Gasteiger partial charge in [0.1, 0.15) is 17.7 Å². The van der Waals surface area contributed by atoms with Gasteiger partial charge >= 0.3 is 0 Å². The molecule has 0 saturated carbocycles. The molecule has 2 aromatic carbocycles. The summed E-state index contributed by atoms with van der Waals surface area (Å²) in [6.07, 6.45) is 2.42. The van der Waals surface area contributed by atoms with Crippen LogP contribution in [0, 0.1) is 11.6 Å².